The number of rotatable bonds is 7. The lowest BCUT2D eigenvalue weighted by Gasteiger charge is -2.17. The summed E-state index contributed by atoms with van der Waals surface area (Å²) in [6.45, 7) is 3.91. The molecule has 0 radical (unpaired) electrons. The Hall–Kier alpha value is -1.92. The summed E-state index contributed by atoms with van der Waals surface area (Å²) in [6.07, 6.45) is 0.481. The molecule has 2 N–H and O–H groups in total. The molecule has 136 valence electrons. The van der Waals surface area contributed by atoms with Crippen LogP contribution in [0.1, 0.15) is 20.3 Å². The molecule has 0 amide bonds. The van der Waals surface area contributed by atoms with Gasteiger partial charge in [0.05, 0.1) is 10.9 Å². The van der Waals surface area contributed by atoms with Crippen molar-refractivity contribution in [1.29, 1.82) is 0 Å². The topological polar surface area (TPSA) is 80.5 Å². The van der Waals surface area contributed by atoms with E-state index in [9.17, 15) is 13.2 Å². The molecule has 0 bridgehead atoms. The van der Waals surface area contributed by atoms with Gasteiger partial charge in [0, 0.05) is 30.6 Å². The largest absolute Gasteiger partial charge is 0.377 e. The third-order valence-electron chi connectivity index (χ3n) is 4.15. The van der Waals surface area contributed by atoms with Gasteiger partial charge in [-0.3, -0.25) is 4.79 Å². The van der Waals surface area contributed by atoms with Crippen molar-refractivity contribution in [2.75, 3.05) is 24.7 Å². The normalized spacial score (nSPS) is 13.2. The summed E-state index contributed by atoms with van der Waals surface area (Å²) in [5.74, 6) is -0.761. The summed E-state index contributed by atoms with van der Waals surface area (Å²) in [4.78, 5) is 14.4. The molecule has 6 heteroatoms. The third-order valence-corrected chi connectivity index (χ3v) is 5.84. The van der Waals surface area contributed by atoms with Gasteiger partial charge in [0.25, 0.3) is 0 Å². The quantitative estimate of drug-likeness (QED) is 0.819. The maximum atomic E-state index is 12.8. The first-order chi connectivity index (χ1) is 11.6. The molecule has 25 heavy (non-hydrogen) atoms. The Morgan fingerprint density at radius 2 is 1.68 bits per heavy atom. The minimum absolute atomic E-state index is 0.179. The number of benzene rings is 2. The number of nitrogens with zero attached hydrogens (tertiary/aromatic N) is 1. The van der Waals surface area contributed by atoms with E-state index in [1.165, 1.54) is 0 Å². The number of sulfone groups is 1. The molecule has 0 aliphatic heterocycles. The van der Waals surface area contributed by atoms with E-state index in [1.807, 2.05) is 51.0 Å². The van der Waals surface area contributed by atoms with Crippen LogP contribution in [0.2, 0.25) is 0 Å². The molecule has 0 aliphatic carbocycles. The summed E-state index contributed by atoms with van der Waals surface area (Å²) in [5.41, 5.74) is 6.79. The van der Waals surface area contributed by atoms with Gasteiger partial charge in [0.2, 0.25) is 0 Å². The highest BCUT2D eigenvalue weighted by molar-refractivity contribution is 7.92. The van der Waals surface area contributed by atoms with Crippen molar-refractivity contribution in [2.24, 2.45) is 11.7 Å². The third kappa shape index (κ3) is 4.38. The van der Waals surface area contributed by atoms with Crippen molar-refractivity contribution < 1.29 is 13.2 Å². The summed E-state index contributed by atoms with van der Waals surface area (Å²) >= 11 is 0. The first kappa shape index (κ1) is 19.4. The van der Waals surface area contributed by atoms with Gasteiger partial charge < -0.3 is 10.6 Å². The smallest absolute Gasteiger partial charge is 0.186 e. The van der Waals surface area contributed by atoms with E-state index in [2.05, 4.69) is 0 Å². The molecule has 5 nitrogen and oxygen atoms in total. The van der Waals surface area contributed by atoms with Gasteiger partial charge >= 0.3 is 0 Å². The van der Waals surface area contributed by atoms with E-state index in [4.69, 9.17) is 5.73 Å². The van der Waals surface area contributed by atoms with Crippen LogP contribution in [-0.2, 0) is 14.6 Å². The van der Waals surface area contributed by atoms with E-state index < -0.39 is 27.4 Å². The lowest BCUT2D eigenvalue weighted by Crippen LogP contribution is -2.36. The molecular formula is C19H26N2O3S. The minimum atomic E-state index is -3.76. The number of hydrogen-bond acceptors (Lipinski definition) is 5. The summed E-state index contributed by atoms with van der Waals surface area (Å²) < 4.78 is 25.7. The number of hydrogen-bond donors (Lipinski definition) is 1. The number of carbonyl (C=O) groups is 1. The molecule has 2 rings (SSSR count). The molecule has 1 atom stereocenters. The zero-order valence-corrected chi connectivity index (χ0v) is 16.0. The first-order valence-electron chi connectivity index (χ1n) is 8.33. The maximum absolute atomic E-state index is 12.8. The average Bonchev–Trinajstić information content (AvgIpc) is 2.52. The Bertz CT molecular complexity index is 873. The minimum Gasteiger partial charge on any atom is -0.377 e. The zero-order valence-electron chi connectivity index (χ0n) is 15.2. The lowest BCUT2D eigenvalue weighted by molar-refractivity contribution is -0.118. The van der Waals surface area contributed by atoms with Crippen LogP contribution in [-0.4, -0.2) is 40.1 Å². The Balaban J connectivity index is 2.43. The molecule has 0 saturated heterocycles. The van der Waals surface area contributed by atoms with Crippen LogP contribution in [0.4, 0.5) is 5.69 Å². The van der Waals surface area contributed by atoms with Crippen LogP contribution >= 0.6 is 0 Å². The monoisotopic (exact) mass is 362 g/mol. The highest BCUT2D eigenvalue weighted by Crippen LogP contribution is 2.30. The Labute approximate surface area is 149 Å². The number of nitrogens with two attached hydrogens (primary N) is 1. The predicted octanol–water partition coefficient (Wildman–Crippen LogP) is 2.62. The van der Waals surface area contributed by atoms with E-state index >= 15 is 0 Å². The maximum Gasteiger partial charge on any atom is 0.186 e. The van der Waals surface area contributed by atoms with Crippen molar-refractivity contribution in [2.45, 2.75) is 31.2 Å². The second kappa shape index (κ2) is 7.54. The summed E-state index contributed by atoms with van der Waals surface area (Å²) in [5, 5.41) is 1.46. The molecule has 0 heterocycles. The van der Waals surface area contributed by atoms with E-state index in [0.717, 1.165) is 11.1 Å². The Kier molecular flexibility index (Phi) is 5.85. The molecule has 2 aromatic rings. The van der Waals surface area contributed by atoms with Gasteiger partial charge in [0.1, 0.15) is 5.75 Å². The number of ketones is 1. The van der Waals surface area contributed by atoms with Crippen molar-refractivity contribution in [1.82, 2.24) is 0 Å². The molecule has 2 aromatic carbocycles. The van der Waals surface area contributed by atoms with E-state index in [-0.39, 0.29) is 10.8 Å². The highest BCUT2D eigenvalue weighted by Gasteiger charge is 2.25. The zero-order chi connectivity index (χ0) is 18.8. The van der Waals surface area contributed by atoms with E-state index in [1.54, 1.807) is 18.2 Å². The second-order valence-electron chi connectivity index (χ2n) is 6.98. The predicted molar refractivity (Wildman–Crippen MR) is 103 cm³/mol. The van der Waals surface area contributed by atoms with Gasteiger partial charge in [0.15, 0.2) is 15.6 Å². The fraction of sp³-hybridized carbons (Fsp3) is 0.421. The van der Waals surface area contributed by atoms with Crippen LogP contribution in [0.5, 0.6) is 0 Å². The van der Waals surface area contributed by atoms with Crippen LogP contribution < -0.4 is 10.6 Å². The van der Waals surface area contributed by atoms with Crippen molar-refractivity contribution in [3.8, 4) is 0 Å². The SMILES string of the molecule is CC(C)C[C@H](N)C(=O)CS(=O)(=O)c1cccc2c(N(C)C)cccc12. The molecular weight excluding hydrogens is 336 g/mol. The van der Waals surface area contributed by atoms with Crippen molar-refractivity contribution in [3.63, 3.8) is 0 Å². The van der Waals surface area contributed by atoms with Crippen molar-refractivity contribution >= 4 is 32.1 Å². The second-order valence-corrected chi connectivity index (χ2v) is 8.94. The van der Waals surface area contributed by atoms with Gasteiger partial charge in [-0.15, -0.1) is 0 Å². The van der Waals surface area contributed by atoms with Crippen LogP contribution in [0.15, 0.2) is 41.3 Å². The fourth-order valence-electron chi connectivity index (χ4n) is 2.94. The standard InChI is InChI=1S/C19H26N2O3S/c1-13(2)11-16(20)18(22)12-25(23,24)19-10-6-7-14-15(19)8-5-9-17(14)21(3)4/h5-10,13,16H,11-12,20H2,1-4H3/t16-/m0/s1. The lowest BCUT2D eigenvalue weighted by atomic mass is 10.0. The van der Waals surface area contributed by atoms with Crippen LogP contribution in [0.3, 0.4) is 0 Å². The molecule has 0 unspecified atom stereocenters. The first-order valence-corrected chi connectivity index (χ1v) is 9.99. The van der Waals surface area contributed by atoms with Gasteiger partial charge in [-0.1, -0.05) is 38.1 Å². The number of Topliss-reactive ketones (excluding diaryl/α,β-unsaturated/α-hetero) is 1. The molecule has 0 fully saturated rings. The fourth-order valence-corrected chi connectivity index (χ4v) is 4.48. The van der Waals surface area contributed by atoms with Crippen LogP contribution in [0, 0.1) is 5.92 Å². The molecule has 0 saturated carbocycles. The van der Waals surface area contributed by atoms with E-state index in [0.29, 0.717) is 11.8 Å². The Morgan fingerprint density at radius 3 is 2.28 bits per heavy atom. The summed E-state index contributed by atoms with van der Waals surface area (Å²) in [6, 6.07) is 9.93. The number of anilines is 1. The van der Waals surface area contributed by atoms with Gasteiger partial charge in [-0.2, -0.15) is 0 Å². The molecule has 0 aromatic heterocycles. The van der Waals surface area contributed by atoms with Crippen LogP contribution in [0.25, 0.3) is 10.8 Å². The summed E-state index contributed by atoms with van der Waals surface area (Å²) in [7, 11) is 0.0569. The average molecular weight is 362 g/mol. The number of fused-ring (bicyclic) bond motifs is 1. The van der Waals surface area contributed by atoms with Gasteiger partial charge in [-0.25, -0.2) is 8.42 Å². The molecule has 0 spiro atoms. The highest BCUT2D eigenvalue weighted by atomic mass is 32.2. The van der Waals surface area contributed by atoms with Crippen molar-refractivity contribution in [3.05, 3.63) is 36.4 Å². The molecule has 0 aliphatic rings. The van der Waals surface area contributed by atoms with Gasteiger partial charge in [-0.05, 0) is 24.5 Å². The number of carbonyl (C=O) groups excluding carboxylic acids is 1. The Morgan fingerprint density at radius 1 is 1.08 bits per heavy atom.